The fraction of sp³-hybridized carbons (Fsp3) is 0.0769. The molecule has 2 rings (SSSR count). The third-order valence-electron chi connectivity index (χ3n) is 2.27. The maximum Gasteiger partial charge on any atom is 0.149 e. The molecule has 76 valence electrons. The predicted octanol–water partition coefficient (Wildman–Crippen LogP) is 4.52. The summed E-state index contributed by atoms with van der Waals surface area (Å²) >= 11 is 10.1. The van der Waals surface area contributed by atoms with Gasteiger partial charge in [-0.3, -0.25) is 0 Å². The topological polar surface area (TPSA) is 0 Å². The van der Waals surface area contributed by atoms with Crippen molar-refractivity contribution in [2.24, 2.45) is 0 Å². The number of rotatable bonds is 2. The molecule has 2 heteroatoms. The molecule has 0 saturated carbocycles. The number of benzene rings is 2. The van der Waals surface area contributed by atoms with E-state index < -0.39 is 3.78 Å². The SMILES string of the molecule is ClC(Br)(c1ccccc1)c1ccccc1. The van der Waals surface area contributed by atoms with Gasteiger partial charge in [0.15, 0.2) is 0 Å². The second kappa shape index (κ2) is 4.38. The summed E-state index contributed by atoms with van der Waals surface area (Å²) in [6.45, 7) is 0. The van der Waals surface area contributed by atoms with Crippen molar-refractivity contribution in [1.82, 2.24) is 0 Å². The minimum Gasteiger partial charge on any atom is -0.0961 e. The molecule has 2 aromatic carbocycles. The van der Waals surface area contributed by atoms with E-state index in [1.54, 1.807) is 0 Å². The fourth-order valence-corrected chi connectivity index (χ4v) is 2.24. The summed E-state index contributed by atoms with van der Waals surface area (Å²) in [5.74, 6) is 0. The van der Waals surface area contributed by atoms with Crippen LogP contribution in [0.3, 0.4) is 0 Å². The molecule has 0 saturated heterocycles. The summed E-state index contributed by atoms with van der Waals surface area (Å²) < 4.78 is -0.629. The lowest BCUT2D eigenvalue weighted by Gasteiger charge is -2.20. The summed E-state index contributed by atoms with van der Waals surface area (Å²) in [5, 5.41) is 0. The summed E-state index contributed by atoms with van der Waals surface area (Å²) in [6.07, 6.45) is 0. The lowest BCUT2D eigenvalue weighted by molar-refractivity contribution is 1.08. The van der Waals surface area contributed by atoms with E-state index in [-0.39, 0.29) is 0 Å². The van der Waals surface area contributed by atoms with Gasteiger partial charge in [-0.25, -0.2) is 0 Å². The van der Waals surface area contributed by atoms with E-state index in [0.717, 1.165) is 11.1 Å². The van der Waals surface area contributed by atoms with E-state index in [2.05, 4.69) is 15.9 Å². The standard InChI is InChI=1S/C13H10BrCl/c14-13(15,11-7-3-1-4-8-11)12-9-5-2-6-10-12/h1-10H. The lowest BCUT2D eigenvalue weighted by Crippen LogP contribution is -2.10. The van der Waals surface area contributed by atoms with Gasteiger partial charge in [-0.15, -0.1) is 0 Å². The molecule has 0 amide bonds. The van der Waals surface area contributed by atoms with Crippen LogP contribution in [0.15, 0.2) is 60.7 Å². The average Bonchev–Trinajstić information content (AvgIpc) is 2.31. The van der Waals surface area contributed by atoms with Crippen molar-refractivity contribution in [2.75, 3.05) is 0 Å². The average molecular weight is 282 g/mol. The molecule has 0 aliphatic carbocycles. The van der Waals surface area contributed by atoms with Gasteiger partial charge in [-0.2, -0.15) is 0 Å². The Balaban J connectivity index is 2.44. The Morgan fingerprint density at radius 3 is 1.40 bits per heavy atom. The molecule has 0 radical (unpaired) electrons. The van der Waals surface area contributed by atoms with Gasteiger partial charge in [0.2, 0.25) is 0 Å². The highest BCUT2D eigenvalue weighted by molar-refractivity contribution is 9.10. The van der Waals surface area contributed by atoms with Crippen LogP contribution in [0, 0.1) is 0 Å². The van der Waals surface area contributed by atoms with Crippen LogP contribution < -0.4 is 0 Å². The number of hydrogen-bond acceptors (Lipinski definition) is 0. The molecule has 0 nitrogen and oxygen atoms in total. The maximum absolute atomic E-state index is 6.50. The van der Waals surface area contributed by atoms with Gasteiger partial charge in [0.1, 0.15) is 3.78 Å². The smallest absolute Gasteiger partial charge is 0.0961 e. The van der Waals surface area contributed by atoms with E-state index >= 15 is 0 Å². The van der Waals surface area contributed by atoms with Crippen LogP contribution in [0.4, 0.5) is 0 Å². The second-order valence-electron chi connectivity index (χ2n) is 3.31. The van der Waals surface area contributed by atoms with Gasteiger partial charge in [0, 0.05) is 0 Å². The van der Waals surface area contributed by atoms with E-state index in [9.17, 15) is 0 Å². The molecular formula is C13H10BrCl. The summed E-state index contributed by atoms with van der Waals surface area (Å²) in [6, 6.07) is 19.9. The monoisotopic (exact) mass is 280 g/mol. The third-order valence-corrected chi connectivity index (χ3v) is 3.62. The quantitative estimate of drug-likeness (QED) is 0.710. The first-order valence-corrected chi connectivity index (χ1v) is 5.87. The Kier molecular flexibility index (Phi) is 3.13. The molecule has 0 fully saturated rings. The Hall–Kier alpha value is -0.790. The van der Waals surface area contributed by atoms with Crippen molar-refractivity contribution in [2.45, 2.75) is 3.78 Å². The molecule has 0 atom stereocenters. The van der Waals surface area contributed by atoms with Gasteiger partial charge in [-0.05, 0) is 11.1 Å². The lowest BCUT2D eigenvalue weighted by atomic mass is 10.0. The first-order chi connectivity index (χ1) is 7.21. The van der Waals surface area contributed by atoms with Crippen molar-refractivity contribution < 1.29 is 0 Å². The maximum atomic E-state index is 6.50. The highest BCUT2D eigenvalue weighted by Crippen LogP contribution is 2.42. The molecule has 0 heterocycles. The zero-order valence-electron chi connectivity index (χ0n) is 8.03. The summed E-state index contributed by atoms with van der Waals surface area (Å²) in [5.41, 5.74) is 2.08. The molecule has 0 N–H and O–H groups in total. The van der Waals surface area contributed by atoms with Crippen LogP contribution in [-0.4, -0.2) is 0 Å². The minimum atomic E-state index is -0.629. The third kappa shape index (κ3) is 2.24. The molecule has 0 bridgehead atoms. The van der Waals surface area contributed by atoms with E-state index in [1.165, 1.54) is 0 Å². The van der Waals surface area contributed by atoms with Gasteiger partial charge in [0.25, 0.3) is 0 Å². The van der Waals surface area contributed by atoms with Crippen molar-refractivity contribution in [3.8, 4) is 0 Å². The number of halogens is 2. The van der Waals surface area contributed by atoms with Crippen LogP contribution in [0.2, 0.25) is 0 Å². The predicted molar refractivity (Wildman–Crippen MR) is 68.4 cm³/mol. The largest absolute Gasteiger partial charge is 0.149 e. The zero-order chi connectivity index (χ0) is 10.7. The molecule has 0 aliphatic heterocycles. The first kappa shape index (κ1) is 10.7. The van der Waals surface area contributed by atoms with Crippen molar-refractivity contribution in [3.63, 3.8) is 0 Å². The number of alkyl halides is 2. The Morgan fingerprint density at radius 2 is 1.07 bits per heavy atom. The van der Waals surface area contributed by atoms with Crippen molar-refractivity contribution in [1.29, 1.82) is 0 Å². The highest BCUT2D eigenvalue weighted by Gasteiger charge is 2.27. The molecule has 0 aromatic heterocycles. The van der Waals surface area contributed by atoms with Crippen LogP contribution >= 0.6 is 27.5 Å². The Bertz CT molecular complexity index is 381. The van der Waals surface area contributed by atoms with E-state index in [0.29, 0.717) is 0 Å². The summed E-state index contributed by atoms with van der Waals surface area (Å²) in [4.78, 5) is 0. The van der Waals surface area contributed by atoms with Gasteiger partial charge < -0.3 is 0 Å². The molecule has 0 unspecified atom stereocenters. The zero-order valence-corrected chi connectivity index (χ0v) is 10.4. The highest BCUT2D eigenvalue weighted by atomic mass is 79.9. The molecule has 15 heavy (non-hydrogen) atoms. The Morgan fingerprint density at radius 1 is 0.733 bits per heavy atom. The van der Waals surface area contributed by atoms with Crippen molar-refractivity contribution in [3.05, 3.63) is 71.8 Å². The minimum absolute atomic E-state index is 0.629. The first-order valence-electron chi connectivity index (χ1n) is 4.70. The normalized spacial score (nSPS) is 11.3. The summed E-state index contributed by atoms with van der Waals surface area (Å²) in [7, 11) is 0. The fourth-order valence-electron chi connectivity index (χ4n) is 1.46. The molecule has 2 aromatic rings. The molecule has 0 aliphatic rings. The van der Waals surface area contributed by atoms with E-state index in [1.807, 2.05) is 60.7 Å². The van der Waals surface area contributed by atoms with Crippen LogP contribution in [0.1, 0.15) is 11.1 Å². The van der Waals surface area contributed by atoms with Crippen molar-refractivity contribution >= 4 is 27.5 Å². The second-order valence-corrected chi connectivity index (χ2v) is 5.52. The van der Waals surface area contributed by atoms with Crippen LogP contribution in [-0.2, 0) is 3.78 Å². The van der Waals surface area contributed by atoms with Crippen LogP contribution in [0.25, 0.3) is 0 Å². The molecule has 0 spiro atoms. The van der Waals surface area contributed by atoms with Gasteiger partial charge >= 0.3 is 0 Å². The number of hydrogen-bond donors (Lipinski definition) is 0. The van der Waals surface area contributed by atoms with Gasteiger partial charge in [-0.1, -0.05) is 88.2 Å². The molecular weight excluding hydrogens is 272 g/mol. The van der Waals surface area contributed by atoms with Crippen LogP contribution in [0.5, 0.6) is 0 Å². The Labute approximate surface area is 103 Å². The van der Waals surface area contributed by atoms with E-state index in [4.69, 9.17) is 11.6 Å². The van der Waals surface area contributed by atoms with Gasteiger partial charge in [0.05, 0.1) is 0 Å².